The lowest BCUT2D eigenvalue weighted by Crippen LogP contribution is -2.53. The van der Waals surface area contributed by atoms with Gasteiger partial charge in [-0.2, -0.15) is 0 Å². The Hall–Kier alpha value is -1.18. The Morgan fingerprint density at radius 1 is 1.30 bits per heavy atom. The fourth-order valence-electron chi connectivity index (χ4n) is 3.14. The molecule has 1 amide bonds. The molecule has 0 radical (unpaired) electrons. The Bertz CT molecular complexity index is 572. The van der Waals surface area contributed by atoms with E-state index in [1.165, 1.54) is 12.1 Å². The summed E-state index contributed by atoms with van der Waals surface area (Å²) in [6.07, 6.45) is 0. The number of amides is 1. The summed E-state index contributed by atoms with van der Waals surface area (Å²) in [6.45, 7) is 4.61. The van der Waals surface area contributed by atoms with Gasteiger partial charge >= 0.3 is 0 Å². The van der Waals surface area contributed by atoms with Crippen LogP contribution < -0.4 is 5.32 Å². The van der Waals surface area contributed by atoms with E-state index in [4.69, 9.17) is 0 Å². The predicted molar refractivity (Wildman–Crippen MR) is 87.2 cm³/mol. The molecule has 2 aliphatic heterocycles. The van der Waals surface area contributed by atoms with Gasteiger partial charge in [0.15, 0.2) is 0 Å². The summed E-state index contributed by atoms with van der Waals surface area (Å²) in [7, 11) is 0. The molecule has 0 aliphatic carbocycles. The van der Waals surface area contributed by atoms with Gasteiger partial charge in [-0.3, -0.25) is 15.0 Å². The molecule has 1 aromatic rings. The molecule has 7 heteroatoms. The van der Waals surface area contributed by atoms with E-state index in [0.29, 0.717) is 31.7 Å². The third-order valence-electron chi connectivity index (χ3n) is 4.60. The van der Waals surface area contributed by atoms with Gasteiger partial charge in [0.25, 0.3) is 0 Å². The Balaban J connectivity index is 1.58. The quantitative estimate of drug-likeness (QED) is 0.910. The van der Waals surface area contributed by atoms with Crippen LogP contribution in [0.15, 0.2) is 18.2 Å². The second kappa shape index (κ2) is 7.15. The molecular formula is C16H21F2N3OS. The third-order valence-corrected chi connectivity index (χ3v) is 5.54. The summed E-state index contributed by atoms with van der Waals surface area (Å²) < 4.78 is 27.0. The summed E-state index contributed by atoms with van der Waals surface area (Å²) in [5, 5.41) is 3.20. The highest BCUT2D eigenvalue weighted by Crippen LogP contribution is 2.25. The molecule has 0 spiro atoms. The van der Waals surface area contributed by atoms with Crippen molar-refractivity contribution in [2.75, 3.05) is 37.8 Å². The Labute approximate surface area is 139 Å². The Morgan fingerprint density at radius 2 is 2.04 bits per heavy atom. The van der Waals surface area contributed by atoms with Crippen LogP contribution in [0.2, 0.25) is 0 Å². The monoisotopic (exact) mass is 341 g/mol. The number of carbonyl (C=O) groups is 1. The highest BCUT2D eigenvalue weighted by atomic mass is 32.2. The molecule has 0 aromatic heterocycles. The smallest absolute Gasteiger partial charge is 0.240 e. The van der Waals surface area contributed by atoms with Crippen LogP contribution in [-0.2, 0) is 4.79 Å². The van der Waals surface area contributed by atoms with Gasteiger partial charge in [0.2, 0.25) is 5.91 Å². The van der Waals surface area contributed by atoms with Gasteiger partial charge in [0.05, 0.1) is 6.04 Å². The lowest BCUT2D eigenvalue weighted by atomic mass is 10.0. The first-order valence-corrected chi connectivity index (χ1v) is 9.00. The number of hydrogen-bond acceptors (Lipinski definition) is 4. The summed E-state index contributed by atoms with van der Waals surface area (Å²) >= 11 is 1.74. The van der Waals surface area contributed by atoms with E-state index < -0.39 is 11.6 Å². The molecule has 2 aliphatic rings. The maximum absolute atomic E-state index is 13.9. The summed E-state index contributed by atoms with van der Waals surface area (Å²) in [6, 6.07) is 3.52. The van der Waals surface area contributed by atoms with Crippen molar-refractivity contribution in [3.8, 4) is 0 Å². The van der Waals surface area contributed by atoms with Gasteiger partial charge < -0.3 is 4.90 Å². The van der Waals surface area contributed by atoms with Crippen LogP contribution in [0.4, 0.5) is 8.78 Å². The average molecular weight is 341 g/mol. The number of piperazine rings is 1. The third kappa shape index (κ3) is 3.67. The van der Waals surface area contributed by atoms with Crippen molar-refractivity contribution in [3.63, 3.8) is 0 Å². The molecule has 4 nitrogen and oxygen atoms in total. The lowest BCUT2D eigenvalue weighted by molar-refractivity contribution is -0.134. The maximum atomic E-state index is 13.9. The van der Waals surface area contributed by atoms with Gasteiger partial charge in [-0.15, -0.1) is 11.8 Å². The topological polar surface area (TPSA) is 35.6 Å². The molecule has 0 bridgehead atoms. The molecular weight excluding hydrogens is 320 g/mol. The number of carbonyl (C=O) groups excluding carboxylic acids is 1. The molecule has 126 valence electrons. The van der Waals surface area contributed by atoms with E-state index in [0.717, 1.165) is 17.7 Å². The predicted octanol–water partition coefficient (Wildman–Crippen LogP) is 1.83. The van der Waals surface area contributed by atoms with Crippen LogP contribution in [0.3, 0.4) is 0 Å². The molecule has 0 saturated carbocycles. The van der Waals surface area contributed by atoms with Crippen molar-refractivity contribution in [1.29, 1.82) is 0 Å². The number of thioether (sulfide) groups is 1. The normalized spacial score (nSPS) is 24.0. The SMILES string of the molecule is C[C@@H](c1ccc(F)cc1F)N1CCN(C(=O)[C@@H]2CSCN2)CC1. The number of hydrogen-bond donors (Lipinski definition) is 1. The van der Waals surface area contributed by atoms with E-state index in [1.807, 2.05) is 11.8 Å². The summed E-state index contributed by atoms with van der Waals surface area (Å²) in [4.78, 5) is 16.4. The summed E-state index contributed by atoms with van der Waals surface area (Å²) in [5.74, 6) is 0.752. The molecule has 2 atom stereocenters. The van der Waals surface area contributed by atoms with Crippen LogP contribution >= 0.6 is 11.8 Å². The minimum absolute atomic E-state index is 0.0708. The van der Waals surface area contributed by atoms with E-state index >= 15 is 0 Å². The number of benzene rings is 1. The van der Waals surface area contributed by atoms with Crippen LogP contribution in [0.25, 0.3) is 0 Å². The fraction of sp³-hybridized carbons (Fsp3) is 0.562. The van der Waals surface area contributed by atoms with Crippen molar-refractivity contribution in [3.05, 3.63) is 35.4 Å². The second-order valence-corrected chi connectivity index (χ2v) is 7.01. The highest BCUT2D eigenvalue weighted by Gasteiger charge is 2.31. The van der Waals surface area contributed by atoms with Crippen LogP contribution in [-0.4, -0.2) is 59.6 Å². The first-order chi connectivity index (χ1) is 11.1. The standard InChI is InChI=1S/C16H21F2N3OS/c1-11(13-3-2-12(17)8-14(13)18)20-4-6-21(7-5-20)16(22)15-9-23-10-19-15/h2-3,8,11,15,19H,4-7,9-10H2,1H3/t11-,15-/m0/s1. The lowest BCUT2D eigenvalue weighted by Gasteiger charge is -2.39. The number of rotatable bonds is 3. The van der Waals surface area contributed by atoms with Gasteiger partial charge in [-0.25, -0.2) is 8.78 Å². The molecule has 1 aromatic carbocycles. The molecule has 2 saturated heterocycles. The molecule has 3 rings (SSSR count). The number of nitrogens with one attached hydrogen (secondary N) is 1. The van der Waals surface area contributed by atoms with Crippen molar-refractivity contribution < 1.29 is 13.6 Å². The first-order valence-electron chi connectivity index (χ1n) is 7.85. The molecule has 2 heterocycles. The van der Waals surface area contributed by atoms with E-state index in [9.17, 15) is 13.6 Å². The van der Waals surface area contributed by atoms with Crippen LogP contribution in [0.1, 0.15) is 18.5 Å². The first kappa shape index (κ1) is 16.7. The van der Waals surface area contributed by atoms with Crippen molar-refractivity contribution in [1.82, 2.24) is 15.1 Å². The average Bonchev–Trinajstić information content (AvgIpc) is 3.08. The fourth-order valence-corrected chi connectivity index (χ4v) is 4.07. The molecule has 1 N–H and O–H groups in total. The Kier molecular flexibility index (Phi) is 5.18. The summed E-state index contributed by atoms with van der Waals surface area (Å²) in [5.41, 5.74) is 0.500. The zero-order chi connectivity index (χ0) is 16.4. The van der Waals surface area contributed by atoms with Crippen molar-refractivity contribution in [2.24, 2.45) is 0 Å². The molecule has 23 heavy (non-hydrogen) atoms. The van der Waals surface area contributed by atoms with Crippen molar-refractivity contribution >= 4 is 17.7 Å². The second-order valence-electron chi connectivity index (χ2n) is 5.97. The highest BCUT2D eigenvalue weighted by molar-refractivity contribution is 7.99. The largest absolute Gasteiger partial charge is 0.339 e. The van der Waals surface area contributed by atoms with Gasteiger partial charge in [-0.05, 0) is 13.0 Å². The van der Waals surface area contributed by atoms with Crippen molar-refractivity contribution in [2.45, 2.75) is 19.0 Å². The van der Waals surface area contributed by atoms with Crippen LogP contribution in [0.5, 0.6) is 0 Å². The molecule has 0 unspecified atom stereocenters. The van der Waals surface area contributed by atoms with E-state index in [-0.39, 0.29) is 18.0 Å². The van der Waals surface area contributed by atoms with Gasteiger partial charge in [-0.1, -0.05) is 6.07 Å². The maximum Gasteiger partial charge on any atom is 0.240 e. The van der Waals surface area contributed by atoms with Gasteiger partial charge in [0, 0.05) is 55.5 Å². The van der Waals surface area contributed by atoms with E-state index in [1.54, 1.807) is 11.8 Å². The number of nitrogens with zero attached hydrogens (tertiary/aromatic N) is 2. The minimum Gasteiger partial charge on any atom is -0.339 e. The van der Waals surface area contributed by atoms with Gasteiger partial charge in [0.1, 0.15) is 11.6 Å². The Morgan fingerprint density at radius 3 is 2.65 bits per heavy atom. The number of halogens is 2. The zero-order valence-electron chi connectivity index (χ0n) is 13.1. The van der Waals surface area contributed by atoms with E-state index in [2.05, 4.69) is 10.2 Å². The minimum atomic E-state index is -0.559. The van der Waals surface area contributed by atoms with Crippen LogP contribution in [0, 0.1) is 11.6 Å². The zero-order valence-corrected chi connectivity index (χ0v) is 13.9. The molecule has 2 fully saturated rings.